The number of aryl methyl sites for hydroxylation is 1. The van der Waals surface area contributed by atoms with E-state index in [-0.39, 0.29) is 5.78 Å². The molecule has 0 N–H and O–H groups in total. The van der Waals surface area contributed by atoms with Crippen molar-refractivity contribution in [2.45, 2.75) is 33.1 Å². The van der Waals surface area contributed by atoms with Crippen LogP contribution in [0.15, 0.2) is 30.3 Å². The molecule has 1 aromatic carbocycles. The first-order valence-electron chi connectivity index (χ1n) is 7.18. The lowest BCUT2D eigenvalue weighted by Crippen LogP contribution is -2.12. The van der Waals surface area contributed by atoms with Gasteiger partial charge in [0, 0.05) is 29.1 Å². The molecule has 3 rings (SSSR count). The molecule has 3 nitrogen and oxygen atoms in total. The summed E-state index contributed by atoms with van der Waals surface area (Å²) in [5.41, 5.74) is 4.28. The molecule has 1 heterocycles. The standard InChI is InChI=1S/C17H19NO2/c1-3-20-14-9-7-13(8-10-14)18-12(2)11-15-16(18)5-4-6-17(15)19/h7-11H,3-6H2,1-2H3. The van der Waals surface area contributed by atoms with Crippen molar-refractivity contribution in [1.82, 2.24) is 4.57 Å². The summed E-state index contributed by atoms with van der Waals surface area (Å²) in [6.45, 7) is 4.71. The highest BCUT2D eigenvalue weighted by molar-refractivity contribution is 5.98. The average molecular weight is 269 g/mol. The molecule has 0 fully saturated rings. The molecule has 0 aliphatic heterocycles. The molecule has 1 aliphatic rings. The van der Waals surface area contributed by atoms with Crippen LogP contribution in [-0.4, -0.2) is 17.0 Å². The predicted molar refractivity (Wildman–Crippen MR) is 78.9 cm³/mol. The van der Waals surface area contributed by atoms with Crippen LogP contribution in [0.25, 0.3) is 5.69 Å². The number of carbonyl (C=O) groups is 1. The molecule has 3 heteroatoms. The summed E-state index contributed by atoms with van der Waals surface area (Å²) in [5.74, 6) is 1.16. The SMILES string of the molecule is CCOc1ccc(-n2c(C)cc3c2CCCC3=O)cc1. The van der Waals surface area contributed by atoms with Gasteiger partial charge in [-0.15, -0.1) is 0 Å². The normalized spacial score (nSPS) is 14.2. The van der Waals surface area contributed by atoms with E-state index in [4.69, 9.17) is 4.74 Å². The second kappa shape index (κ2) is 5.16. The van der Waals surface area contributed by atoms with Crippen molar-refractivity contribution < 1.29 is 9.53 Å². The quantitative estimate of drug-likeness (QED) is 0.850. The van der Waals surface area contributed by atoms with Crippen LogP contribution in [0.1, 0.15) is 41.5 Å². The smallest absolute Gasteiger partial charge is 0.164 e. The summed E-state index contributed by atoms with van der Waals surface area (Å²) in [6, 6.07) is 10.1. The first-order valence-corrected chi connectivity index (χ1v) is 7.18. The zero-order chi connectivity index (χ0) is 14.1. The van der Waals surface area contributed by atoms with E-state index in [1.165, 1.54) is 0 Å². The molecule has 0 saturated heterocycles. The molecule has 1 aromatic heterocycles. The lowest BCUT2D eigenvalue weighted by Gasteiger charge is -2.16. The Morgan fingerprint density at radius 3 is 2.65 bits per heavy atom. The molecule has 0 bridgehead atoms. The molecular formula is C17H19NO2. The number of Topliss-reactive ketones (excluding diaryl/α,β-unsaturated/α-hetero) is 1. The van der Waals surface area contributed by atoms with E-state index in [1.54, 1.807) is 0 Å². The van der Waals surface area contributed by atoms with Crippen LogP contribution in [-0.2, 0) is 6.42 Å². The largest absolute Gasteiger partial charge is 0.494 e. The van der Waals surface area contributed by atoms with E-state index in [0.29, 0.717) is 13.0 Å². The fourth-order valence-electron chi connectivity index (χ4n) is 2.95. The van der Waals surface area contributed by atoms with Crippen LogP contribution in [0.3, 0.4) is 0 Å². The number of benzene rings is 1. The van der Waals surface area contributed by atoms with Crippen LogP contribution < -0.4 is 4.74 Å². The Hall–Kier alpha value is -2.03. The van der Waals surface area contributed by atoms with Gasteiger partial charge in [-0.05, 0) is 57.0 Å². The average Bonchev–Trinajstić information content (AvgIpc) is 2.78. The maximum atomic E-state index is 12.0. The van der Waals surface area contributed by atoms with Crippen molar-refractivity contribution in [2.24, 2.45) is 0 Å². The Morgan fingerprint density at radius 2 is 1.95 bits per heavy atom. The van der Waals surface area contributed by atoms with Crippen molar-refractivity contribution in [3.63, 3.8) is 0 Å². The maximum Gasteiger partial charge on any atom is 0.164 e. The summed E-state index contributed by atoms with van der Waals surface area (Å²) in [6.07, 6.45) is 2.61. The van der Waals surface area contributed by atoms with E-state index in [2.05, 4.69) is 23.6 Å². The minimum atomic E-state index is 0.277. The molecule has 0 radical (unpaired) electrons. The molecule has 104 valence electrons. The van der Waals surface area contributed by atoms with Gasteiger partial charge in [-0.1, -0.05) is 0 Å². The summed E-state index contributed by atoms with van der Waals surface area (Å²) < 4.78 is 7.67. The third-order valence-corrected chi connectivity index (χ3v) is 3.81. The number of hydrogen-bond donors (Lipinski definition) is 0. The van der Waals surface area contributed by atoms with E-state index in [0.717, 1.165) is 41.2 Å². The predicted octanol–water partition coefficient (Wildman–Crippen LogP) is 3.70. The summed E-state index contributed by atoms with van der Waals surface area (Å²) in [7, 11) is 0. The van der Waals surface area contributed by atoms with E-state index in [1.807, 2.05) is 25.1 Å². The van der Waals surface area contributed by atoms with Crippen LogP contribution in [0.2, 0.25) is 0 Å². The highest BCUT2D eigenvalue weighted by Gasteiger charge is 2.23. The van der Waals surface area contributed by atoms with Crippen LogP contribution in [0.5, 0.6) is 5.75 Å². The summed E-state index contributed by atoms with van der Waals surface area (Å²) in [4.78, 5) is 12.0. The Labute approximate surface area is 119 Å². The molecule has 20 heavy (non-hydrogen) atoms. The van der Waals surface area contributed by atoms with Crippen LogP contribution in [0.4, 0.5) is 0 Å². The lowest BCUT2D eigenvalue weighted by molar-refractivity contribution is 0.0972. The van der Waals surface area contributed by atoms with E-state index in [9.17, 15) is 4.79 Å². The fraction of sp³-hybridized carbons (Fsp3) is 0.353. The second-order valence-corrected chi connectivity index (χ2v) is 5.19. The number of fused-ring (bicyclic) bond motifs is 1. The molecule has 0 amide bonds. The van der Waals surface area contributed by atoms with Gasteiger partial charge < -0.3 is 9.30 Å². The highest BCUT2D eigenvalue weighted by Crippen LogP contribution is 2.28. The number of rotatable bonds is 3. The Bertz CT molecular complexity index is 638. The Balaban J connectivity index is 2.03. The zero-order valence-corrected chi connectivity index (χ0v) is 12.0. The summed E-state index contributed by atoms with van der Waals surface area (Å²) >= 11 is 0. The van der Waals surface area contributed by atoms with Gasteiger partial charge in [0.15, 0.2) is 5.78 Å². The molecule has 2 aromatic rings. The van der Waals surface area contributed by atoms with Gasteiger partial charge in [0.25, 0.3) is 0 Å². The molecule has 1 aliphatic carbocycles. The van der Waals surface area contributed by atoms with Gasteiger partial charge in [-0.2, -0.15) is 0 Å². The number of hydrogen-bond acceptors (Lipinski definition) is 2. The van der Waals surface area contributed by atoms with Gasteiger partial charge in [-0.3, -0.25) is 4.79 Å². The monoisotopic (exact) mass is 269 g/mol. The van der Waals surface area contributed by atoms with Gasteiger partial charge in [0.2, 0.25) is 0 Å². The summed E-state index contributed by atoms with van der Waals surface area (Å²) in [5, 5.41) is 0. The van der Waals surface area contributed by atoms with Crippen LogP contribution >= 0.6 is 0 Å². The molecule has 0 spiro atoms. The fourth-order valence-corrected chi connectivity index (χ4v) is 2.95. The van der Waals surface area contributed by atoms with Crippen molar-refractivity contribution in [1.29, 1.82) is 0 Å². The minimum Gasteiger partial charge on any atom is -0.494 e. The topological polar surface area (TPSA) is 31.2 Å². The third kappa shape index (κ3) is 2.13. The van der Waals surface area contributed by atoms with E-state index >= 15 is 0 Å². The molecule has 0 atom stereocenters. The van der Waals surface area contributed by atoms with Gasteiger partial charge in [-0.25, -0.2) is 0 Å². The van der Waals surface area contributed by atoms with Crippen molar-refractivity contribution in [3.8, 4) is 11.4 Å². The maximum absolute atomic E-state index is 12.0. The van der Waals surface area contributed by atoms with Crippen molar-refractivity contribution in [2.75, 3.05) is 6.61 Å². The minimum absolute atomic E-state index is 0.277. The number of ether oxygens (including phenoxy) is 1. The Morgan fingerprint density at radius 1 is 1.20 bits per heavy atom. The zero-order valence-electron chi connectivity index (χ0n) is 12.0. The van der Waals surface area contributed by atoms with E-state index < -0.39 is 0 Å². The molecule has 0 unspecified atom stereocenters. The second-order valence-electron chi connectivity index (χ2n) is 5.19. The lowest BCUT2D eigenvalue weighted by atomic mass is 9.96. The molecule has 0 saturated carbocycles. The van der Waals surface area contributed by atoms with Crippen molar-refractivity contribution in [3.05, 3.63) is 47.3 Å². The number of carbonyl (C=O) groups excluding carboxylic acids is 1. The number of ketones is 1. The van der Waals surface area contributed by atoms with Crippen molar-refractivity contribution >= 4 is 5.78 Å². The first-order chi connectivity index (χ1) is 9.70. The van der Waals surface area contributed by atoms with Gasteiger partial charge in [0.1, 0.15) is 5.75 Å². The molecular weight excluding hydrogens is 250 g/mol. The Kier molecular flexibility index (Phi) is 3.35. The number of aromatic nitrogens is 1. The van der Waals surface area contributed by atoms with Gasteiger partial charge >= 0.3 is 0 Å². The third-order valence-electron chi connectivity index (χ3n) is 3.81. The van der Waals surface area contributed by atoms with Crippen LogP contribution in [0, 0.1) is 6.92 Å². The highest BCUT2D eigenvalue weighted by atomic mass is 16.5. The number of nitrogens with zero attached hydrogens (tertiary/aromatic N) is 1. The first kappa shape index (κ1) is 13.0. The van der Waals surface area contributed by atoms with Gasteiger partial charge in [0.05, 0.1) is 6.61 Å².